The highest BCUT2D eigenvalue weighted by molar-refractivity contribution is 8.02. The Morgan fingerprint density at radius 2 is 2.00 bits per heavy atom. The number of hydrogen-bond donors (Lipinski definition) is 2. The fraction of sp³-hybridized carbons (Fsp3) is 0.286. The van der Waals surface area contributed by atoms with E-state index >= 15 is 0 Å². The molecule has 0 unspecified atom stereocenters. The zero-order valence-corrected chi connectivity index (χ0v) is 17.6. The summed E-state index contributed by atoms with van der Waals surface area (Å²) >= 11 is 7.89. The van der Waals surface area contributed by atoms with E-state index in [1.165, 1.54) is 11.8 Å². The van der Waals surface area contributed by atoms with Crippen LogP contribution < -0.4 is 20.4 Å². The summed E-state index contributed by atoms with van der Waals surface area (Å²) in [5, 5.41) is 6.19. The van der Waals surface area contributed by atoms with Crippen LogP contribution >= 0.6 is 23.4 Å². The molecule has 30 heavy (non-hydrogen) atoms. The summed E-state index contributed by atoms with van der Waals surface area (Å²) < 4.78 is 0. The number of halogens is 1. The number of nitrogens with zero attached hydrogens (tertiary/aromatic N) is 2. The van der Waals surface area contributed by atoms with Gasteiger partial charge in [0, 0.05) is 30.1 Å². The fourth-order valence-electron chi connectivity index (χ4n) is 4.21. The van der Waals surface area contributed by atoms with Crippen molar-refractivity contribution in [3.05, 3.63) is 47.5 Å². The number of nitrogens with one attached hydrogen (secondary N) is 2. The molecule has 1 atom stereocenters. The number of fused-ring (bicyclic) bond motifs is 3. The third kappa shape index (κ3) is 3.02. The number of carbonyl (C=O) groups excluding carboxylic acids is 3. The second-order valence-corrected chi connectivity index (χ2v) is 9.20. The van der Waals surface area contributed by atoms with Gasteiger partial charge >= 0.3 is 0 Å². The molecule has 154 valence electrons. The van der Waals surface area contributed by atoms with Gasteiger partial charge in [-0.1, -0.05) is 35.5 Å². The molecule has 3 heterocycles. The van der Waals surface area contributed by atoms with Gasteiger partial charge in [-0.3, -0.25) is 19.3 Å². The highest BCUT2D eigenvalue weighted by Gasteiger charge is 2.57. The summed E-state index contributed by atoms with van der Waals surface area (Å²) in [6.07, 6.45) is 0.789. The molecule has 2 aromatic carbocycles. The normalized spacial score (nSPS) is 22.6. The van der Waals surface area contributed by atoms with E-state index in [1.807, 2.05) is 35.2 Å². The van der Waals surface area contributed by atoms with Crippen molar-refractivity contribution in [2.75, 3.05) is 34.8 Å². The molecule has 0 radical (unpaired) electrons. The number of hydrogen-bond acceptors (Lipinski definition) is 5. The summed E-state index contributed by atoms with van der Waals surface area (Å²) in [5.41, 5.74) is 2.10. The molecule has 3 aliphatic heterocycles. The average Bonchev–Trinajstić information content (AvgIpc) is 3.24. The van der Waals surface area contributed by atoms with Crippen molar-refractivity contribution in [1.29, 1.82) is 0 Å². The molecule has 2 N–H and O–H groups in total. The Balaban J connectivity index is 1.39. The summed E-state index contributed by atoms with van der Waals surface area (Å²) in [4.78, 5) is 41.0. The third-order valence-corrected chi connectivity index (χ3v) is 7.39. The number of amides is 3. The average molecular weight is 443 g/mol. The summed E-state index contributed by atoms with van der Waals surface area (Å²) in [6, 6.07) is 12.9. The molecule has 2 fully saturated rings. The smallest absolute Gasteiger partial charge is 0.261 e. The maximum atomic E-state index is 13.3. The van der Waals surface area contributed by atoms with Gasteiger partial charge in [0.05, 0.1) is 22.9 Å². The Morgan fingerprint density at radius 3 is 2.80 bits per heavy atom. The molecule has 0 aliphatic carbocycles. The molecule has 3 aliphatic rings. The van der Waals surface area contributed by atoms with E-state index in [1.54, 1.807) is 17.0 Å². The Labute approximate surface area is 182 Å². The van der Waals surface area contributed by atoms with Crippen molar-refractivity contribution in [3.63, 3.8) is 0 Å². The van der Waals surface area contributed by atoms with Crippen molar-refractivity contribution >= 4 is 58.1 Å². The van der Waals surface area contributed by atoms with Gasteiger partial charge in [-0.2, -0.15) is 0 Å². The maximum absolute atomic E-state index is 13.3. The molecule has 2 saturated heterocycles. The van der Waals surface area contributed by atoms with E-state index < -0.39 is 4.87 Å². The van der Waals surface area contributed by atoms with Gasteiger partial charge in [0.15, 0.2) is 4.87 Å². The Morgan fingerprint density at radius 1 is 1.17 bits per heavy atom. The lowest BCUT2D eigenvalue weighted by Gasteiger charge is -2.30. The molecular weight excluding hydrogens is 424 g/mol. The number of anilines is 3. The van der Waals surface area contributed by atoms with Crippen molar-refractivity contribution in [2.45, 2.75) is 22.6 Å². The first-order valence-electron chi connectivity index (χ1n) is 9.72. The quantitative estimate of drug-likeness (QED) is 0.763. The van der Waals surface area contributed by atoms with E-state index in [0.717, 1.165) is 16.3 Å². The molecule has 0 saturated carbocycles. The number of rotatable bonds is 3. The topological polar surface area (TPSA) is 81.8 Å². The van der Waals surface area contributed by atoms with Crippen LogP contribution in [-0.4, -0.2) is 42.2 Å². The van der Waals surface area contributed by atoms with Gasteiger partial charge in [0.2, 0.25) is 11.8 Å². The number of piperazine rings is 1. The SMILES string of the molecule is O=C1CN(c2ccc(NC(=O)[C@@]34CCC(=O)N3c3ccccc3S4)cc2Cl)CCN1. The lowest BCUT2D eigenvalue weighted by Crippen LogP contribution is -2.49. The van der Waals surface area contributed by atoms with Crippen LogP contribution in [0.25, 0.3) is 0 Å². The number of carbonyl (C=O) groups is 3. The van der Waals surface area contributed by atoms with E-state index in [-0.39, 0.29) is 24.3 Å². The zero-order chi connectivity index (χ0) is 20.9. The number of para-hydroxylation sites is 1. The molecule has 3 amide bonds. The highest BCUT2D eigenvalue weighted by Crippen LogP contribution is 2.56. The summed E-state index contributed by atoms with van der Waals surface area (Å²) in [7, 11) is 0. The van der Waals surface area contributed by atoms with Crippen LogP contribution in [0, 0.1) is 0 Å². The molecule has 0 bridgehead atoms. The van der Waals surface area contributed by atoms with E-state index in [9.17, 15) is 14.4 Å². The van der Waals surface area contributed by atoms with Gasteiger partial charge in [0.25, 0.3) is 5.91 Å². The minimum atomic E-state index is -0.975. The first-order chi connectivity index (χ1) is 14.5. The van der Waals surface area contributed by atoms with E-state index in [2.05, 4.69) is 10.6 Å². The van der Waals surface area contributed by atoms with Crippen LogP contribution in [0.4, 0.5) is 17.1 Å². The maximum Gasteiger partial charge on any atom is 0.261 e. The Hall–Kier alpha value is -2.71. The molecular formula is C21H19ClN4O3S. The minimum absolute atomic E-state index is 0.0423. The van der Waals surface area contributed by atoms with Crippen molar-refractivity contribution in [3.8, 4) is 0 Å². The lowest BCUT2D eigenvalue weighted by atomic mass is 10.1. The minimum Gasteiger partial charge on any atom is -0.359 e. The van der Waals surface area contributed by atoms with Crippen LogP contribution in [0.2, 0.25) is 5.02 Å². The predicted molar refractivity (Wildman–Crippen MR) is 117 cm³/mol. The van der Waals surface area contributed by atoms with Crippen LogP contribution in [-0.2, 0) is 14.4 Å². The molecule has 0 aromatic heterocycles. The largest absolute Gasteiger partial charge is 0.359 e. The van der Waals surface area contributed by atoms with Crippen LogP contribution in [0.1, 0.15) is 12.8 Å². The summed E-state index contributed by atoms with van der Waals surface area (Å²) in [5.74, 6) is -0.326. The predicted octanol–water partition coefficient (Wildman–Crippen LogP) is 2.84. The number of benzene rings is 2. The van der Waals surface area contributed by atoms with Gasteiger partial charge in [-0.05, 0) is 36.8 Å². The van der Waals surface area contributed by atoms with Gasteiger partial charge < -0.3 is 15.5 Å². The molecule has 7 nitrogen and oxygen atoms in total. The molecule has 2 aromatic rings. The molecule has 0 spiro atoms. The zero-order valence-electron chi connectivity index (χ0n) is 16.0. The van der Waals surface area contributed by atoms with Crippen molar-refractivity contribution < 1.29 is 14.4 Å². The van der Waals surface area contributed by atoms with Crippen molar-refractivity contribution in [2.24, 2.45) is 0 Å². The van der Waals surface area contributed by atoms with E-state index in [4.69, 9.17) is 11.6 Å². The first kappa shape index (κ1) is 19.3. The Bertz CT molecular complexity index is 1080. The van der Waals surface area contributed by atoms with Gasteiger partial charge in [0.1, 0.15) is 0 Å². The van der Waals surface area contributed by atoms with Gasteiger partial charge in [-0.25, -0.2) is 0 Å². The lowest BCUT2D eigenvalue weighted by molar-refractivity contribution is -0.121. The Kier molecular flexibility index (Phi) is 4.63. The van der Waals surface area contributed by atoms with Crippen LogP contribution in [0.5, 0.6) is 0 Å². The first-order valence-corrected chi connectivity index (χ1v) is 10.9. The summed E-state index contributed by atoms with van der Waals surface area (Å²) in [6.45, 7) is 1.49. The monoisotopic (exact) mass is 442 g/mol. The molecule has 5 rings (SSSR count). The van der Waals surface area contributed by atoms with Crippen LogP contribution in [0.15, 0.2) is 47.4 Å². The molecule has 9 heteroatoms. The second-order valence-electron chi connectivity index (χ2n) is 7.48. The van der Waals surface area contributed by atoms with Crippen LogP contribution in [0.3, 0.4) is 0 Å². The highest BCUT2D eigenvalue weighted by atomic mass is 35.5. The number of thioether (sulfide) groups is 1. The standard InChI is InChI=1S/C21H19ClN4O3S/c22-14-11-13(5-6-15(14)25-10-9-23-18(27)12-25)24-20(29)21-8-7-19(28)26(21)16-3-1-2-4-17(16)30-21/h1-6,11H,7-10,12H2,(H,23,27)(H,24,29)/t21-/m0/s1. The fourth-order valence-corrected chi connectivity index (χ4v) is 5.93. The van der Waals surface area contributed by atoms with E-state index in [0.29, 0.717) is 36.6 Å². The third-order valence-electron chi connectivity index (χ3n) is 5.61. The van der Waals surface area contributed by atoms with Crippen molar-refractivity contribution in [1.82, 2.24) is 5.32 Å². The second kappa shape index (κ2) is 7.21. The van der Waals surface area contributed by atoms with Gasteiger partial charge in [-0.15, -0.1) is 0 Å².